The van der Waals surface area contributed by atoms with Crippen LogP contribution in [0.5, 0.6) is 0 Å². The van der Waals surface area contributed by atoms with E-state index >= 15 is 0 Å². The van der Waals surface area contributed by atoms with Crippen molar-refractivity contribution in [1.29, 1.82) is 0 Å². The highest BCUT2D eigenvalue weighted by atomic mass is 79.9. The third kappa shape index (κ3) is 1.62. The van der Waals surface area contributed by atoms with Gasteiger partial charge in [0.1, 0.15) is 0 Å². The quantitative estimate of drug-likeness (QED) is 0.276. The van der Waals surface area contributed by atoms with Gasteiger partial charge in [-0.3, -0.25) is 10.1 Å². The Hall–Kier alpha value is -0.940. The molecule has 12 heavy (non-hydrogen) atoms. The van der Waals surface area contributed by atoms with Crippen molar-refractivity contribution in [2.45, 2.75) is 4.63 Å². The molecule has 1 atom stereocenters. The Morgan fingerprint density at radius 3 is 2.33 bits per heavy atom. The molecule has 0 heterocycles. The Balaban J connectivity index is 3.06. The van der Waals surface area contributed by atoms with E-state index in [0.29, 0.717) is 0 Å². The van der Waals surface area contributed by atoms with E-state index in [9.17, 15) is 15.2 Å². The first-order valence-electron chi connectivity index (χ1n) is 3.16. The third-order valence-electron chi connectivity index (χ3n) is 1.38. The molecule has 1 unspecified atom stereocenters. The van der Waals surface area contributed by atoms with Crippen LogP contribution in [0.4, 0.5) is 0 Å². The molecule has 0 saturated carbocycles. The smallest absolute Gasteiger partial charge is 0.318 e. The summed E-state index contributed by atoms with van der Waals surface area (Å²) in [5, 5.41) is 19.6. The van der Waals surface area contributed by atoms with E-state index in [1.807, 2.05) is 0 Å². The van der Waals surface area contributed by atoms with Crippen LogP contribution in [0.25, 0.3) is 0 Å². The summed E-state index contributed by atoms with van der Waals surface area (Å²) in [5.41, 5.74) is 0.204. The zero-order valence-electron chi connectivity index (χ0n) is 5.98. The van der Waals surface area contributed by atoms with Gasteiger partial charge < -0.3 is 5.11 Å². The number of nitro groups is 1. The molecule has 64 valence electrons. The molecule has 1 aromatic rings. The molecule has 0 bridgehead atoms. The number of benzene rings is 1. The molecule has 0 aliphatic carbocycles. The minimum Gasteiger partial charge on any atom is -0.318 e. The van der Waals surface area contributed by atoms with Gasteiger partial charge in [-0.25, -0.2) is 0 Å². The number of hydrogen-bond donors (Lipinski definition) is 1. The van der Waals surface area contributed by atoms with Crippen LogP contribution in [0.15, 0.2) is 30.3 Å². The van der Waals surface area contributed by atoms with E-state index in [1.165, 1.54) is 12.1 Å². The molecule has 0 aliphatic heterocycles. The topological polar surface area (TPSA) is 63.4 Å². The molecular weight excluding hydrogens is 226 g/mol. The highest BCUT2D eigenvalue weighted by Crippen LogP contribution is 2.27. The molecule has 0 spiro atoms. The molecule has 1 rings (SSSR count). The summed E-state index contributed by atoms with van der Waals surface area (Å²) in [6.07, 6.45) is 0. The molecule has 0 radical (unpaired) electrons. The van der Waals surface area contributed by atoms with E-state index in [1.54, 1.807) is 18.2 Å². The van der Waals surface area contributed by atoms with E-state index in [4.69, 9.17) is 0 Å². The normalized spacial score (nSPS) is 15.2. The van der Waals surface area contributed by atoms with Crippen LogP contribution in [0.1, 0.15) is 5.56 Å². The summed E-state index contributed by atoms with van der Waals surface area (Å²) in [4.78, 5) is 9.53. The fraction of sp³-hybridized carbons (Fsp3) is 0.143. The number of hydrogen-bond acceptors (Lipinski definition) is 3. The second-order valence-electron chi connectivity index (χ2n) is 2.21. The van der Waals surface area contributed by atoms with Crippen molar-refractivity contribution in [3.05, 3.63) is 46.0 Å². The predicted octanol–water partition coefficient (Wildman–Crippen LogP) is 1.46. The van der Waals surface area contributed by atoms with Gasteiger partial charge >= 0.3 is 4.63 Å². The number of alkyl halides is 1. The zero-order chi connectivity index (χ0) is 9.19. The minimum atomic E-state index is -2.17. The average Bonchev–Trinajstić information content (AvgIpc) is 2.06. The van der Waals surface area contributed by atoms with Crippen LogP contribution < -0.4 is 0 Å². The molecular formula is C7H6BrNO3. The number of nitrogens with zero attached hydrogens (tertiary/aromatic N) is 1. The van der Waals surface area contributed by atoms with E-state index < -0.39 is 9.56 Å². The van der Waals surface area contributed by atoms with Gasteiger partial charge in [-0.1, -0.05) is 18.2 Å². The highest BCUT2D eigenvalue weighted by Gasteiger charge is 2.38. The first kappa shape index (κ1) is 9.15. The molecule has 0 aliphatic rings. The standard InChI is InChI=1S/C7H6BrNO3/c8-7(10,9(11)12)6-4-2-1-3-5-6/h1-5,10H. The lowest BCUT2D eigenvalue weighted by molar-refractivity contribution is -0.595. The highest BCUT2D eigenvalue weighted by molar-refractivity contribution is 9.09. The predicted molar refractivity (Wildman–Crippen MR) is 46.3 cm³/mol. The van der Waals surface area contributed by atoms with Gasteiger partial charge in [-0.2, -0.15) is 0 Å². The fourth-order valence-corrected chi connectivity index (χ4v) is 1.02. The second kappa shape index (κ2) is 3.20. The maximum Gasteiger partial charge on any atom is 0.404 e. The molecule has 0 amide bonds. The van der Waals surface area contributed by atoms with Crippen molar-refractivity contribution in [3.8, 4) is 0 Å². The summed E-state index contributed by atoms with van der Waals surface area (Å²) >= 11 is 2.61. The van der Waals surface area contributed by atoms with Crippen molar-refractivity contribution >= 4 is 15.9 Å². The summed E-state index contributed by atoms with van der Waals surface area (Å²) in [6, 6.07) is 7.89. The van der Waals surface area contributed by atoms with Crippen molar-refractivity contribution in [3.63, 3.8) is 0 Å². The van der Waals surface area contributed by atoms with Gasteiger partial charge in [-0.05, 0) is 12.1 Å². The van der Waals surface area contributed by atoms with Crippen LogP contribution in [-0.2, 0) is 4.63 Å². The van der Waals surface area contributed by atoms with Crippen LogP contribution in [-0.4, -0.2) is 10.0 Å². The van der Waals surface area contributed by atoms with Gasteiger partial charge in [0.15, 0.2) is 0 Å². The zero-order valence-corrected chi connectivity index (χ0v) is 7.56. The Kier molecular flexibility index (Phi) is 2.44. The average molecular weight is 232 g/mol. The van der Waals surface area contributed by atoms with E-state index in [0.717, 1.165) is 0 Å². The molecule has 5 heteroatoms. The summed E-state index contributed by atoms with van der Waals surface area (Å²) in [6.45, 7) is 0. The van der Waals surface area contributed by atoms with Gasteiger partial charge in [0.25, 0.3) is 0 Å². The van der Waals surface area contributed by atoms with E-state index in [2.05, 4.69) is 15.9 Å². The molecule has 1 aromatic carbocycles. The largest absolute Gasteiger partial charge is 0.404 e. The monoisotopic (exact) mass is 231 g/mol. The maximum absolute atomic E-state index is 10.3. The fourth-order valence-electron chi connectivity index (χ4n) is 0.756. The molecule has 1 N–H and O–H groups in total. The Morgan fingerprint density at radius 1 is 1.42 bits per heavy atom. The van der Waals surface area contributed by atoms with Crippen molar-refractivity contribution in [1.82, 2.24) is 0 Å². The maximum atomic E-state index is 10.3. The van der Waals surface area contributed by atoms with Crippen LogP contribution in [0.3, 0.4) is 0 Å². The number of halogens is 1. The van der Waals surface area contributed by atoms with Crippen molar-refractivity contribution in [2.75, 3.05) is 0 Å². The van der Waals surface area contributed by atoms with Gasteiger partial charge in [-0.15, -0.1) is 0 Å². The summed E-state index contributed by atoms with van der Waals surface area (Å²) < 4.78 is -2.17. The third-order valence-corrected chi connectivity index (χ3v) is 2.13. The molecule has 0 aromatic heterocycles. The Labute approximate surface area is 77.1 Å². The minimum absolute atomic E-state index is 0.204. The van der Waals surface area contributed by atoms with Gasteiger partial charge in [0.2, 0.25) is 0 Å². The van der Waals surface area contributed by atoms with Gasteiger partial charge in [0, 0.05) is 15.9 Å². The Morgan fingerprint density at radius 2 is 1.92 bits per heavy atom. The Bertz CT molecular complexity index is 286. The number of aliphatic hydroxyl groups is 1. The lowest BCUT2D eigenvalue weighted by Crippen LogP contribution is -2.27. The number of rotatable bonds is 2. The second-order valence-corrected chi connectivity index (χ2v) is 3.32. The van der Waals surface area contributed by atoms with Crippen LogP contribution >= 0.6 is 15.9 Å². The lowest BCUT2D eigenvalue weighted by atomic mass is 10.2. The molecule has 4 nitrogen and oxygen atoms in total. The molecule has 0 saturated heterocycles. The van der Waals surface area contributed by atoms with Crippen LogP contribution in [0, 0.1) is 10.1 Å². The van der Waals surface area contributed by atoms with E-state index in [-0.39, 0.29) is 5.56 Å². The van der Waals surface area contributed by atoms with Crippen molar-refractivity contribution in [2.24, 2.45) is 0 Å². The van der Waals surface area contributed by atoms with Crippen molar-refractivity contribution < 1.29 is 10.0 Å². The first-order chi connectivity index (χ1) is 5.55. The van der Waals surface area contributed by atoms with Gasteiger partial charge in [0.05, 0.1) is 10.5 Å². The molecule has 0 fully saturated rings. The summed E-state index contributed by atoms with van der Waals surface area (Å²) in [7, 11) is 0. The SMILES string of the molecule is O=[N+]([O-])C(O)(Br)c1ccccc1. The van der Waals surface area contributed by atoms with Crippen LogP contribution in [0.2, 0.25) is 0 Å². The summed E-state index contributed by atoms with van der Waals surface area (Å²) in [5.74, 6) is 0. The lowest BCUT2D eigenvalue weighted by Gasteiger charge is -2.10. The first-order valence-corrected chi connectivity index (χ1v) is 3.96.